The quantitative estimate of drug-likeness (QED) is 0.0481. The first-order valence-electron chi connectivity index (χ1n) is 31.5. The molecule has 6 nitrogen and oxygen atoms in total. The van der Waals surface area contributed by atoms with E-state index in [1.165, 1.54) is 146 Å². The zero-order valence-electron chi connectivity index (χ0n) is 48.3. The molecule has 14 rings (SSSR count). The summed E-state index contributed by atoms with van der Waals surface area (Å²) < 4.78 is 9.63. The Morgan fingerprint density at radius 1 is 0.532 bits per heavy atom. The second-order valence-electron chi connectivity index (χ2n) is 27.3. The average molecular weight is 1050 g/mol. The molecule has 4 aliphatic rings. The van der Waals surface area contributed by atoms with Gasteiger partial charge in [-0.2, -0.15) is 0 Å². The van der Waals surface area contributed by atoms with E-state index in [9.17, 15) is 0 Å². The standard InChI is InChI=1S/C73H88N6/c1-49(2)11-6-12-50(3)63-29-30-64-71-65(32-34-73(63,64)5)72(4)33-31-60(74-35-9-37-76-39-41-78(47-76)45-57-23-21-55-19-17-51-13-7-15-53-25-27-61(57)69(55)67(51)53)43-59(72)44-66(71)75-36-10-38-77-40-42-79(48-77)46-58-24-22-56-20-18-52-14-8-16-54-26-28-62(58)70(56)68(52)54/h7-8,13-28,39-42,47-50,59-60,63-66,71,74-75H,6,9-12,29-38,43-46H2,1-5H3/q+2/t50-,59-,60-,63-,64+,65+,66-,71+,72+,73-/m1/s1. The maximum atomic E-state index is 4.43. The summed E-state index contributed by atoms with van der Waals surface area (Å²) in [5.41, 5.74) is 3.71. The number of aryl methyl sites for hydroxylation is 2. The topological polar surface area (TPSA) is 41.7 Å². The molecule has 8 aromatic carbocycles. The van der Waals surface area contributed by atoms with Crippen LogP contribution in [0, 0.1) is 52.3 Å². The molecule has 0 saturated heterocycles. The van der Waals surface area contributed by atoms with E-state index in [0.717, 1.165) is 93.5 Å². The fourth-order valence-electron chi connectivity index (χ4n) is 18.4. The molecule has 0 radical (unpaired) electrons. The van der Waals surface area contributed by atoms with E-state index in [4.69, 9.17) is 0 Å². The summed E-state index contributed by atoms with van der Waals surface area (Å²) in [7, 11) is 0. The van der Waals surface area contributed by atoms with Crippen molar-refractivity contribution in [2.75, 3.05) is 13.1 Å². The number of rotatable bonds is 19. The second kappa shape index (κ2) is 20.9. The first-order valence-corrected chi connectivity index (χ1v) is 31.5. The number of imidazole rings is 2. The van der Waals surface area contributed by atoms with Gasteiger partial charge in [0.05, 0.1) is 13.1 Å². The molecular formula is C73H88N6+2. The summed E-state index contributed by atoms with van der Waals surface area (Å²) in [6, 6.07) is 42.5. The number of nitrogens with one attached hydrogen (secondary N) is 2. The SMILES string of the molecule is CC(C)CCC[C@@H](C)[C@H]1CC[C@H]2[C@@H]3[C@H](NCCCn4cc[n+](Cc5ccc6ccc7cccc8ccc5c6c78)c4)C[C@H]4C[C@H](NCCCn5cc[n+](Cc6ccc7ccc8cccc9ccc6c7c89)c5)CC[C@]4(C)[C@H]3CC[C@]12C. The monoisotopic (exact) mass is 1050 g/mol. The summed E-state index contributed by atoms with van der Waals surface area (Å²) in [6.45, 7) is 19.1. The van der Waals surface area contributed by atoms with Gasteiger partial charge in [0, 0.05) is 23.2 Å². The molecule has 4 fully saturated rings. The lowest BCUT2D eigenvalue weighted by atomic mass is 9.43. The van der Waals surface area contributed by atoms with Gasteiger partial charge in [-0.25, -0.2) is 18.3 Å². The van der Waals surface area contributed by atoms with Gasteiger partial charge in [-0.15, -0.1) is 0 Å². The van der Waals surface area contributed by atoms with E-state index in [1.807, 2.05) is 0 Å². The van der Waals surface area contributed by atoms with Crippen LogP contribution in [0.2, 0.25) is 0 Å². The number of fused-ring (bicyclic) bond motifs is 5. The van der Waals surface area contributed by atoms with Crippen LogP contribution in [0.25, 0.3) is 64.6 Å². The summed E-state index contributed by atoms with van der Waals surface area (Å²) in [6.07, 6.45) is 31.6. The predicted octanol–water partition coefficient (Wildman–Crippen LogP) is 15.9. The number of hydrogen-bond acceptors (Lipinski definition) is 2. The number of aromatic nitrogens is 4. The van der Waals surface area contributed by atoms with Crippen molar-refractivity contribution in [3.8, 4) is 0 Å². The van der Waals surface area contributed by atoms with Gasteiger partial charge in [-0.3, -0.25) is 0 Å². The largest absolute Gasteiger partial charge is 0.314 e. The fraction of sp³-hybridized carbons (Fsp3) is 0.479. The van der Waals surface area contributed by atoms with E-state index >= 15 is 0 Å². The Balaban J connectivity index is 0.624. The van der Waals surface area contributed by atoms with Gasteiger partial charge >= 0.3 is 0 Å². The first kappa shape index (κ1) is 51.3. The van der Waals surface area contributed by atoms with E-state index in [2.05, 4.69) is 210 Å². The van der Waals surface area contributed by atoms with Crippen LogP contribution in [-0.2, 0) is 26.2 Å². The molecule has 0 unspecified atom stereocenters. The van der Waals surface area contributed by atoms with Crippen LogP contribution in [-0.4, -0.2) is 34.3 Å². The first-order chi connectivity index (χ1) is 38.6. The molecule has 4 saturated carbocycles. The van der Waals surface area contributed by atoms with Crippen LogP contribution in [0.1, 0.15) is 129 Å². The van der Waals surface area contributed by atoms with Crippen LogP contribution in [0.15, 0.2) is 147 Å². The number of nitrogens with zero attached hydrogens (tertiary/aromatic N) is 4. The van der Waals surface area contributed by atoms with Crippen LogP contribution in [0.3, 0.4) is 0 Å². The van der Waals surface area contributed by atoms with Crippen molar-refractivity contribution < 1.29 is 9.13 Å². The molecular weight excluding hydrogens is 961 g/mol. The van der Waals surface area contributed by atoms with E-state index in [-0.39, 0.29) is 0 Å². The average Bonchev–Trinajstić information content (AvgIpc) is 4.37. The van der Waals surface area contributed by atoms with Gasteiger partial charge in [-0.05, 0) is 194 Å². The molecule has 0 spiro atoms. The lowest BCUT2D eigenvalue weighted by Gasteiger charge is -2.63. The molecule has 408 valence electrons. The smallest absolute Gasteiger partial charge is 0.244 e. The Hall–Kier alpha value is -5.82. The molecule has 6 heteroatoms. The van der Waals surface area contributed by atoms with Gasteiger partial charge in [0.2, 0.25) is 12.7 Å². The van der Waals surface area contributed by atoms with E-state index in [1.54, 1.807) is 0 Å². The summed E-state index contributed by atoms with van der Waals surface area (Å²) in [5.74, 6) is 5.80. The van der Waals surface area contributed by atoms with Crippen molar-refractivity contribution >= 4 is 64.6 Å². The Kier molecular flexibility index (Phi) is 13.6. The van der Waals surface area contributed by atoms with Gasteiger partial charge in [0.1, 0.15) is 37.9 Å². The lowest BCUT2D eigenvalue weighted by Crippen LogP contribution is -2.62. The normalized spacial score (nSPS) is 26.6. The zero-order chi connectivity index (χ0) is 53.4. The second-order valence-corrected chi connectivity index (χ2v) is 27.3. The van der Waals surface area contributed by atoms with Crippen molar-refractivity contribution in [3.63, 3.8) is 0 Å². The molecule has 0 amide bonds. The molecule has 10 atom stereocenters. The minimum Gasteiger partial charge on any atom is -0.314 e. The zero-order valence-corrected chi connectivity index (χ0v) is 48.3. The van der Waals surface area contributed by atoms with Gasteiger partial charge < -0.3 is 10.6 Å². The van der Waals surface area contributed by atoms with Crippen LogP contribution < -0.4 is 19.8 Å². The summed E-state index contributed by atoms with van der Waals surface area (Å²) >= 11 is 0. The third-order valence-corrected chi connectivity index (χ3v) is 22.4. The number of benzene rings is 8. The van der Waals surface area contributed by atoms with Crippen LogP contribution in [0.4, 0.5) is 0 Å². The molecule has 0 bridgehead atoms. The molecule has 10 aromatic rings. The molecule has 4 aliphatic carbocycles. The molecule has 2 aromatic heterocycles. The lowest BCUT2D eigenvalue weighted by molar-refractivity contribution is -0.687. The Morgan fingerprint density at radius 2 is 1.05 bits per heavy atom. The third-order valence-electron chi connectivity index (χ3n) is 22.4. The van der Waals surface area contributed by atoms with Crippen molar-refractivity contribution in [2.45, 2.75) is 156 Å². The predicted molar refractivity (Wildman–Crippen MR) is 329 cm³/mol. The summed E-state index contributed by atoms with van der Waals surface area (Å²) in [4.78, 5) is 0. The minimum atomic E-state index is 0.449. The maximum Gasteiger partial charge on any atom is 0.244 e. The highest BCUT2D eigenvalue weighted by molar-refractivity contribution is 6.24. The van der Waals surface area contributed by atoms with E-state index in [0.29, 0.717) is 22.9 Å². The fourth-order valence-corrected chi connectivity index (χ4v) is 18.4. The number of hydrogen-bond donors (Lipinski definition) is 2. The Labute approximate surface area is 470 Å². The highest BCUT2D eigenvalue weighted by Crippen LogP contribution is 2.68. The highest BCUT2D eigenvalue weighted by Gasteiger charge is 2.63. The van der Waals surface area contributed by atoms with Crippen molar-refractivity contribution in [3.05, 3.63) is 158 Å². The van der Waals surface area contributed by atoms with Crippen molar-refractivity contribution in [1.29, 1.82) is 0 Å². The highest BCUT2D eigenvalue weighted by atomic mass is 15.1. The van der Waals surface area contributed by atoms with Gasteiger partial charge in [0.15, 0.2) is 0 Å². The molecule has 2 heterocycles. The molecule has 2 N–H and O–H groups in total. The van der Waals surface area contributed by atoms with E-state index < -0.39 is 0 Å². The van der Waals surface area contributed by atoms with Crippen molar-refractivity contribution in [1.82, 2.24) is 19.8 Å². The van der Waals surface area contributed by atoms with Gasteiger partial charge in [0.25, 0.3) is 0 Å². The van der Waals surface area contributed by atoms with Gasteiger partial charge in [-0.1, -0.05) is 163 Å². The van der Waals surface area contributed by atoms with Crippen LogP contribution >= 0.6 is 0 Å². The Bertz CT molecular complexity index is 3720. The summed E-state index contributed by atoms with van der Waals surface area (Å²) in [5, 5.41) is 25.0. The maximum absolute atomic E-state index is 4.43. The molecule has 79 heavy (non-hydrogen) atoms. The van der Waals surface area contributed by atoms with Crippen LogP contribution in [0.5, 0.6) is 0 Å². The third kappa shape index (κ3) is 9.33. The molecule has 0 aliphatic heterocycles. The minimum absolute atomic E-state index is 0.449. The van der Waals surface area contributed by atoms with Crippen molar-refractivity contribution in [2.24, 2.45) is 52.3 Å². The Morgan fingerprint density at radius 3 is 1.63 bits per heavy atom.